The number of methoxy groups -OCH3 is 1. The van der Waals surface area contributed by atoms with Gasteiger partial charge in [-0.3, -0.25) is 9.59 Å². The highest BCUT2D eigenvalue weighted by atomic mass is 19.4. The first-order chi connectivity index (χ1) is 20.5. The SMILES string of the molecule is COc1ccc(C(=O)CNC(=O)[C@H]2[C@H](C(F)(F)F)CC=C3[C@@H]2CCC2=Cc4c(cnn4-c4ccc(F)cc4)C[C@@]23C)cc1. The van der Waals surface area contributed by atoms with Gasteiger partial charge < -0.3 is 10.1 Å². The number of nitrogens with zero attached hydrogens (tertiary/aromatic N) is 2. The number of hydrogen-bond donors (Lipinski definition) is 1. The van der Waals surface area contributed by atoms with E-state index in [1.54, 1.807) is 53.4 Å². The Bertz CT molecular complexity index is 1620. The van der Waals surface area contributed by atoms with Gasteiger partial charge in [-0.15, -0.1) is 0 Å². The largest absolute Gasteiger partial charge is 0.497 e. The monoisotopic (exact) mass is 593 g/mol. The van der Waals surface area contributed by atoms with Gasteiger partial charge in [0.1, 0.15) is 11.6 Å². The van der Waals surface area contributed by atoms with E-state index in [-0.39, 0.29) is 12.2 Å². The van der Waals surface area contributed by atoms with Gasteiger partial charge >= 0.3 is 6.18 Å². The number of carbonyl (C=O) groups excluding carboxylic acids is 2. The Balaban J connectivity index is 1.27. The van der Waals surface area contributed by atoms with Crippen LogP contribution < -0.4 is 10.1 Å². The number of rotatable bonds is 6. The lowest BCUT2D eigenvalue weighted by Gasteiger charge is -2.50. The molecular weight excluding hydrogens is 562 g/mol. The second kappa shape index (κ2) is 10.8. The van der Waals surface area contributed by atoms with Crippen LogP contribution in [-0.2, 0) is 11.2 Å². The molecule has 43 heavy (non-hydrogen) atoms. The molecule has 3 aromatic rings. The summed E-state index contributed by atoms with van der Waals surface area (Å²) < 4.78 is 63.3. The van der Waals surface area contributed by atoms with Crippen LogP contribution in [0.5, 0.6) is 5.75 Å². The number of alkyl halides is 3. The molecule has 1 heterocycles. The number of amides is 1. The normalized spacial score (nSPS) is 24.6. The highest BCUT2D eigenvalue weighted by Gasteiger charge is 2.56. The lowest BCUT2D eigenvalue weighted by atomic mass is 9.54. The van der Waals surface area contributed by atoms with Gasteiger partial charge in [0.15, 0.2) is 5.78 Å². The molecule has 0 saturated heterocycles. The highest BCUT2D eigenvalue weighted by molar-refractivity contribution is 5.99. The maximum atomic E-state index is 14.3. The van der Waals surface area contributed by atoms with E-state index in [0.29, 0.717) is 36.3 Å². The van der Waals surface area contributed by atoms with E-state index >= 15 is 0 Å². The Morgan fingerprint density at radius 1 is 1.12 bits per heavy atom. The summed E-state index contributed by atoms with van der Waals surface area (Å²) in [5, 5.41) is 7.07. The van der Waals surface area contributed by atoms with Crippen molar-refractivity contribution in [3.63, 3.8) is 0 Å². The van der Waals surface area contributed by atoms with Crippen LogP contribution in [0.25, 0.3) is 11.8 Å². The molecule has 0 spiro atoms. The van der Waals surface area contributed by atoms with Crippen LogP contribution in [0.15, 0.2) is 72.0 Å². The summed E-state index contributed by atoms with van der Waals surface area (Å²) in [6.45, 7) is 1.64. The molecule has 1 fully saturated rings. The average molecular weight is 594 g/mol. The summed E-state index contributed by atoms with van der Waals surface area (Å²) in [5.74, 6) is -4.74. The minimum absolute atomic E-state index is 0.301. The summed E-state index contributed by atoms with van der Waals surface area (Å²) in [5.41, 5.74) is 4.19. The fourth-order valence-corrected chi connectivity index (χ4v) is 7.10. The number of ether oxygens (including phenoxy) is 1. The number of nitrogens with one attached hydrogen (secondary N) is 1. The molecule has 10 heteroatoms. The van der Waals surface area contributed by atoms with Crippen molar-refractivity contribution in [3.05, 3.63) is 94.6 Å². The van der Waals surface area contributed by atoms with Crippen molar-refractivity contribution in [1.29, 1.82) is 0 Å². The zero-order valence-corrected chi connectivity index (χ0v) is 23.7. The predicted molar refractivity (Wildman–Crippen MR) is 152 cm³/mol. The fraction of sp³-hybridized carbons (Fsp3) is 0.364. The Morgan fingerprint density at radius 3 is 2.51 bits per heavy atom. The minimum atomic E-state index is -4.57. The average Bonchev–Trinajstić information content (AvgIpc) is 3.39. The molecule has 3 aliphatic carbocycles. The molecule has 0 aliphatic heterocycles. The van der Waals surface area contributed by atoms with E-state index in [2.05, 4.69) is 10.4 Å². The lowest BCUT2D eigenvalue weighted by Crippen LogP contribution is -2.51. The Labute approximate surface area is 246 Å². The first kappa shape index (κ1) is 28.9. The molecule has 1 amide bonds. The summed E-state index contributed by atoms with van der Waals surface area (Å²) in [4.78, 5) is 26.3. The van der Waals surface area contributed by atoms with Crippen LogP contribution in [0.2, 0.25) is 0 Å². The van der Waals surface area contributed by atoms with E-state index in [1.807, 2.05) is 13.0 Å². The van der Waals surface area contributed by atoms with E-state index in [1.165, 1.54) is 19.2 Å². The molecule has 4 atom stereocenters. The van der Waals surface area contributed by atoms with Gasteiger partial charge in [-0.05, 0) is 91.8 Å². The van der Waals surface area contributed by atoms with E-state index in [0.717, 1.165) is 22.4 Å². The number of aromatic nitrogens is 2. The predicted octanol–water partition coefficient (Wildman–Crippen LogP) is 6.50. The standard InChI is InChI=1S/C33H31F4N3O3/c1-32-16-20-17-39-40(23-8-6-22(34)7-9-23)28(20)15-21(32)5-12-25-26(32)13-14-27(33(35,36)37)30(25)31(42)38-18-29(41)19-3-10-24(43-2)11-4-19/h3-4,6-11,13,15,17,25,27,30H,5,12,14,16,18H2,1-2H3,(H,38,42)/t25-,27+,30+,32-/m0/s1. The Kier molecular flexibility index (Phi) is 7.26. The van der Waals surface area contributed by atoms with Gasteiger partial charge in [-0.1, -0.05) is 24.1 Å². The molecule has 6 nitrogen and oxygen atoms in total. The van der Waals surface area contributed by atoms with Crippen LogP contribution in [0.1, 0.15) is 47.8 Å². The molecule has 0 unspecified atom stereocenters. The van der Waals surface area contributed by atoms with Gasteiger partial charge in [-0.2, -0.15) is 18.3 Å². The van der Waals surface area contributed by atoms with Gasteiger partial charge in [0.25, 0.3) is 0 Å². The van der Waals surface area contributed by atoms with Gasteiger partial charge in [-0.25, -0.2) is 9.07 Å². The van der Waals surface area contributed by atoms with E-state index in [4.69, 9.17) is 4.74 Å². The van der Waals surface area contributed by atoms with Crippen molar-refractivity contribution in [2.24, 2.45) is 23.2 Å². The third-order valence-corrected chi connectivity index (χ3v) is 9.30. The first-order valence-electron chi connectivity index (χ1n) is 14.3. The topological polar surface area (TPSA) is 73.2 Å². The van der Waals surface area contributed by atoms with E-state index in [9.17, 15) is 27.2 Å². The smallest absolute Gasteiger partial charge is 0.392 e. The zero-order valence-electron chi connectivity index (χ0n) is 23.7. The van der Waals surface area contributed by atoms with Crippen molar-refractivity contribution >= 4 is 17.8 Å². The van der Waals surface area contributed by atoms with Gasteiger partial charge in [0.05, 0.1) is 43.1 Å². The number of Topliss-reactive ketones (excluding diaryl/α,β-unsaturated/α-hetero) is 1. The summed E-state index contributed by atoms with van der Waals surface area (Å²) in [6.07, 6.45) is 2.04. The zero-order chi connectivity index (χ0) is 30.5. The number of fused-ring (bicyclic) bond motifs is 4. The maximum Gasteiger partial charge on any atom is 0.392 e. The number of ketones is 1. The van der Waals surface area contributed by atoms with Crippen molar-refractivity contribution in [2.45, 2.75) is 38.8 Å². The summed E-state index contributed by atoms with van der Waals surface area (Å²) >= 11 is 0. The van der Waals surface area contributed by atoms with Crippen LogP contribution in [0.3, 0.4) is 0 Å². The van der Waals surface area contributed by atoms with Crippen LogP contribution in [0.4, 0.5) is 17.6 Å². The fourth-order valence-electron chi connectivity index (χ4n) is 7.10. The first-order valence-corrected chi connectivity index (χ1v) is 14.3. The van der Waals surface area contributed by atoms with Crippen LogP contribution in [-0.4, -0.2) is 41.3 Å². The van der Waals surface area contributed by atoms with Crippen molar-refractivity contribution in [2.75, 3.05) is 13.7 Å². The van der Waals surface area contributed by atoms with Crippen molar-refractivity contribution in [3.8, 4) is 11.4 Å². The summed E-state index contributed by atoms with van der Waals surface area (Å²) in [7, 11) is 1.50. The summed E-state index contributed by atoms with van der Waals surface area (Å²) in [6, 6.07) is 12.4. The number of halogens is 4. The molecule has 1 saturated carbocycles. The van der Waals surface area contributed by atoms with Crippen molar-refractivity contribution < 1.29 is 31.9 Å². The second-order valence-electron chi connectivity index (χ2n) is 11.7. The molecule has 1 N–H and O–H groups in total. The number of hydrogen-bond acceptors (Lipinski definition) is 4. The quantitative estimate of drug-likeness (QED) is 0.201. The van der Waals surface area contributed by atoms with Crippen LogP contribution >= 0.6 is 0 Å². The Hall–Kier alpha value is -4.21. The molecule has 0 bridgehead atoms. The lowest BCUT2D eigenvalue weighted by molar-refractivity contribution is -0.197. The number of allylic oxidation sites excluding steroid dienone is 3. The molecule has 1 aromatic heterocycles. The van der Waals surface area contributed by atoms with E-state index < -0.39 is 47.6 Å². The Morgan fingerprint density at radius 2 is 1.84 bits per heavy atom. The van der Waals surface area contributed by atoms with Crippen molar-refractivity contribution in [1.82, 2.24) is 15.1 Å². The molecule has 2 aromatic carbocycles. The third kappa shape index (κ3) is 5.17. The molecule has 3 aliphatic rings. The minimum Gasteiger partial charge on any atom is -0.497 e. The molecule has 224 valence electrons. The molecule has 0 radical (unpaired) electrons. The number of benzene rings is 2. The maximum absolute atomic E-state index is 14.3. The van der Waals surface area contributed by atoms with Gasteiger partial charge in [0.2, 0.25) is 5.91 Å². The molecular formula is C33H31F4N3O3. The third-order valence-electron chi connectivity index (χ3n) is 9.30. The molecule has 6 rings (SSSR count). The highest BCUT2D eigenvalue weighted by Crippen LogP contribution is 2.58. The number of carbonyl (C=O) groups is 2. The van der Waals surface area contributed by atoms with Crippen LogP contribution in [0, 0.1) is 29.0 Å². The second-order valence-corrected chi connectivity index (χ2v) is 11.7. The van der Waals surface area contributed by atoms with Gasteiger partial charge in [0, 0.05) is 11.0 Å².